The Bertz CT molecular complexity index is 719. The summed E-state index contributed by atoms with van der Waals surface area (Å²) in [5, 5.41) is 2.74. The molecular weight excluding hydrogens is 356 g/mol. The van der Waals surface area contributed by atoms with E-state index in [1.54, 1.807) is 0 Å². The molecule has 0 aliphatic carbocycles. The number of carbonyl (C=O) groups is 2. The van der Waals surface area contributed by atoms with Crippen LogP contribution in [0, 0.1) is 5.92 Å². The monoisotopic (exact) mass is 376 g/mol. The Morgan fingerprint density at radius 1 is 1.33 bits per heavy atom. The summed E-state index contributed by atoms with van der Waals surface area (Å²) in [6, 6.07) is 4.08. The molecule has 0 fully saturated rings. The van der Waals surface area contributed by atoms with Crippen LogP contribution in [0.15, 0.2) is 18.2 Å². The minimum Gasteiger partial charge on any atom is -0.465 e. The summed E-state index contributed by atoms with van der Waals surface area (Å²) in [6.45, 7) is 3.83. The molecule has 24 heavy (non-hydrogen) atoms. The van der Waals surface area contributed by atoms with Gasteiger partial charge in [0.1, 0.15) is 6.54 Å². The van der Waals surface area contributed by atoms with Crippen LogP contribution in [0.4, 0.5) is 5.69 Å². The van der Waals surface area contributed by atoms with E-state index in [4.69, 9.17) is 11.6 Å². The van der Waals surface area contributed by atoms with Crippen LogP contribution in [0.2, 0.25) is 5.02 Å². The van der Waals surface area contributed by atoms with E-state index in [0.29, 0.717) is 6.54 Å². The highest BCUT2D eigenvalue weighted by atomic mass is 35.5. The summed E-state index contributed by atoms with van der Waals surface area (Å²) in [4.78, 5) is 23.6. The molecule has 1 rings (SSSR count). The quantitative estimate of drug-likeness (QED) is 0.730. The largest absolute Gasteiger partial charge is 0.465 e. The van der Waals surface area contributed by atoms with Crippen LogP contribution in [0.5, 0.6) is 0 Å². The molecule has 0 aliphatic heterocycles. The molecule has 0 saturated heterocycles. The molecular formula is C15H21ClN2O5S. The van der Waals surface area contributed by atoms with Crippen LogP contribution in [-0.2, 0) is 19.6 Å². The van der Waals surface area contributed by atoms with Gasteiger partial charge in [0.2, 0.25) is 15.9 Å². The summed E-state index contributed by atoms with van der Waals surface area (Å²) >= 11 is 6.07. The third-order valence-corrected chi connectivity index (χ3v) is 4.48. The van der Waals surface area contributed by atoms with Crippen molar-refractivity contribution < 1.29 is 22.7 Å². The SMILES string of the molecule is COC(=O)c1ccc(Cl)c(N(CC(=O)NCC(C)C)S(C)(=O)=O)c1. The Labute approximate surface area is 147 Å². The predicted molar refractivity (Wildman–Crippen MR) is 92.8 cm³/mol. The first-order valence-electron chi connectivity index (χ1n) is 7.18. The van der Waals surface area contributed by atoms with Crippen LogP contribution < -0.4 is 9.62 Å². The van der Waals surface area contributed by atoms with Crippen molar-refractivity contribution in [1.29, 1.82) is 0 Å². The number of carbonyl (C=O) groups excluding carboxylic acids is 2. The van der Waals surface area contributed by atoms with Crippen LogP contribution in [-0.4, -0.2) is 46.7 Å². The number of anilines is 1. The van der Waals surface area contributed by atoms with Gasteiger partial charge in [-0.3, -0.25) is 9.10 Å². The molecule has 0 aliphatic rings. The van der Waals surface area contributed by atoms with Crippen molar-refractivity contribution in [3.05, 3.63) is 28.8 Å². The highest BCUT2D eigenvalue weighted by Gasteiger charge is 2.24. The number of benzene rings is 1. The van der Waals surface area contributed by atoms with Crippen molar-refractivity contribution in [3.63, 3.8) is 0 Å². The van der Waals surface area contributed by atoms with Crippen LogP contribution in [0.25, 0.3) is 0 Å². The van der Waals surface area contributed by atoms with Gasteiger partial charge in [-0.25, -0.2) is 13.2 Å². The second kappa shape index (κ2) is 8.34. The number of sulfonamides is 1. The van der Waals surface area contributed by atoms with Gasteiger partial charge in [-0.2, -0.15) is 0 Å². The Morgan fingerprint density at radius 2 is 1.96 bits per heavy atom. The van der Waals surface area contributed by atoms with E-state index in [0.717, 1.165) is 10.6 Å². The minimum absolute atomic E-state index is 0.0433. The van der Waals surface area contributed by atoms with Crippen molar-refractivity contribution in [1.82, 2.24) is 5.32 Å². The van der Waals surface area contributed by atoms with E-state index in [1.165, 1.54) is 25.3 Å². The van der Waals surface area contributed by atoms with Crippen molar-refractivity contribution in [2.75, 3.05) is 30.8 Å². The number of halogens is 1. The first-order valence-corrected chi connectivity index (χ1v) is 9.41. The first-order chi connectivity index (χ1) is 11.1. The maximum atomic E-state index is 12.1. The van der Waals surface area contributed by atoms with Crippen molar-refractivity contribution in [3.8, 4) is 0 Å². The molecule has 1 aromatic rings. The van der Waals surface area contributed by atoms with Gasteiger partial charge in [0.15, 0.2) is 0 Å². The second-order valence-electron chi connectivity index (χ2n) is 5.63. The lowest BCUT2D eigenvalue weighted by atomic mass is 10.2. The standard InChI is InChI=1S/C15H21ClN2O5S/c1-10(2)8-17-14(19)9-18(24(4,21)22)13-7-11(15(20)23-3)5-6-12(13)16/h5-7,10H,8-9H2,1-4H3,(H,17,19). The number of esters is 1. The predicted octanol–water partition coefficient (Wildman–Crippen LogP) is 1.66. The average molecular weight is 377 g/mol. The highest BCUT2D eigenvalue weighted by Crippen LogP contribution is 2.29. The minimum atomic E-state index is -3.79. The van der Waals surface area contributed by atoms with Crippen LogP contribution >= 0.6 is 11.6 Å². The highest BCUT2D eigenvalue weighted by molar-refractivity contribution is 7.92. The van der Waals surface area contributed by atoms with E-state index >= 15 is 0 Å². The van der Waals surface area contributed by atoms with E-state index in [2.05, 4.69) is 10.1 Å². The zero-order chi connectivity index (χ0) is 18.5. The maximum Gasteiger partial charge on any atom is 0.337 e. The Balaban J connectivity index is 3.18. The van der Waals surface area contributed by atoms with Gasteiger partial charge in [-0.1, -0.05) is 25.4 Å². The number of nitrogens with zero attached hydrogens (tertiary/aromatic N) is 1. The third-order valence-electron chi connectivity index (χ3n) is 3.03. The number of methoxy groups -OCH3 is 1. The molecule has 0 heterocycles. The summed E-state index contributed by atoms with van der Waals surface area (Å²) in [6.07, 6.45) is 0.962. The number of ether oxygens (including phenoxy) is 1. The molecule has 0 radical (unpaired) electrons. The van der Waals surface area contributed by atoms with Gasteiger partial charge >= 0.3 is 5.97 Å². The second-order valence-corrected chi connectivity index (χ2v) is 7.94. The molecule has 0 atom stereocenters. The smallest absolute Gasteiger partial charge is 0.337 e. The normalized spacial score (nSPS) is 11.2. The fraction of sp³-hybridized carbons (Fsp3) is 0.467. The van der Waals surface area contributed by atoms with Crippen molar-refractivity contribution in [2.24, 2.45) is 5.92 Å². The molecule has 7 nitrogen and oxygen atoms in total. The van der Waals surface area contributed by atoms with Gasteiger partial charge in [-0.05, 0) is 24.1 Å². The number of hydrogen-bond donors (Lipinski definition) is 1. The number of amides is 1. The van der Waals surface area contributed by atoms with Gasteiger partial charge in [0.05, 0.1) is 29.6 Å². The van der Waals surface area contributed by atoms with Crippen LogP contribution in [0.3, 0.4) is 0 Å². The number of hydrogen-bond acceptors (Lipinski definition) is 5. The van der Waals surface area contributed by atoms with E-state index in [1.807, 2.05) is 13.8 Å². The maximum absolute atomic E-state index is 12.1. The number of rotatable bonds is 7. The van der Waals surface area contributed by atoms with E-state index in [9.17, 15) is 18.0 Å². The van der Waals surface area contributed by atoms with Crippen LogP contribution in [0.1, 0.15) is 24.2 Å². The molecule has 0 saturated carbocycles. The molecule has 1 amide bonds. The van der Waals surface area contributed by atoms with Gasteiger partial charge < -0.3 is 10.1 Å². The Hall–Kier alpha value is -1.80. The molecule has 134 valence electrons. The van der Waals surface area contributed by atoms with E-state index < -0.39 is 28.4 Å². The van der Waals surface area contributed by atoms with E-state index in [-0.39, 0.29) is 22.2 Å². The Morgan fingerprint density at radius 3 is 2.46 bits per heavy atom. The molecule has 9 heteroatoms. The first kappa shape index (κ1) is 20.2. The lowest BCUT2D eigenvalue weighted by Gasteiger charge is -2.23. The Kier molecular flexibility index (Phi) is 7.04. The fourth-order valence-electron chi connectivity index (χ4n) is 1.83. The molecule has 0 unspecified atom stereocenters. The lowest BCUT2D eigenvalue weighted by molar-refractivity contribution is -0.119. The lowest BCUT2D eigenvalue weighted by Crippen LogP contribution is -2.41. The molecule has 1 N–H and O–H groups in total. The molecule has 0 bridgehead atoms. The summed E-state index contributed by atoms with van der Waals surface area (Å²) in [5.74, 6) is -0.869. The van der Waals surface area contributed by atoms with Gasteiger partial charge in [-0.15, -0.1) is 0 Å². The van der Waals surface area contributed by atoms with Crippen molar-refractivity contribution in [2.45, 2.75) is 13.8 Å². The average Bonchev–Trinajstić information content (AvgIpc) is 2.49. The molecule has 0 spiro atoms. The third kappa shape index (κ3) is 5.68. The van der Waals surface area contributed by atoms with Gasteiger partial charge in [0, 0.05) is 6.54 Å². The summed E-state index contributed by atoms with van der Waals surface area (Å²) in [7, 11) is -2.57. The fourth-order valence-corrected chi connectivity index (χ4v) is 2.96. The topological polar surface area (TPSA) is 92.8 Å². The van der Waals surface area contributed by atoms with Gasteiger partial charge in [0.25, 0.3) is 0 Å². The molecule has 0 aromatic heterocycles. The number of nitrogens with one attached hydrogen (secondary N) is 1. The molecule has 1 aromatic carbocycles. The van der Waals surface area contributed by atoms with Crippen molar-refractivity contribution >= 4 is 39.2 Å². The zero-order valence-electron chi connectivity index (χ0n) is 14.0. The summed E-state index contributed by atoms with van der Waals surface area (Å²) in [5.41, 5.74) is 0.176. The summed E-state index contributed by atoms with van der Waals surface area (Å²) < 4.78 is 29.6. The zero-order valence-corrected chi connectivity index (χ0v) is 15.6.